The molecule has 0 saturated heterocycles. The molecule has 0 heterocycles. The van der Waals surface area contributed by atoms with E-state index in [1.165, 1.54) is 199 Å². The molecule has 0 aliphatic heterocycles. The van der Waals surface area contributed by atoms with Crippen molar-refractivity contribution >= 4 is 0 Å². The summed E-state index contributed by atoms with van der Waals surface area (Å²) in [4.78, 5) is 0. The lowest BCUT2D eigenvalue weighted by Crippen LogP contribution is -1.91. The van der Waals surface area contributed by atoms with Crippen LogP contribution in [0.5, 0.6) is 0 Å². The second kappa shape index (κ2) is 32.0. The van der Waals surface area contributed by atoms with E-state index in [-0.39, 0.29) is 0 Å². The lowest BCUT2D eigenvalue weighted by Gasteiger charge is -2.07. The summed E-state index contributed by atoms with van der Waals surface area (Å²) in [7, 11) is 0. The lowest BCUT2D eigenvalue weighted by atomic mass is 9.99. The Morgan fingerprint density at radius 1 is 0.286 bits per heavy atom. The molecular formula is C35H72. The van der Waals surface area contributed by atoms with Crippen molar-refractivity contribution in [3.63, 3.8) is 0 Å². The fourth-order valence-corrected chi connectivity index (χ4v) is 5.54. The second-order valence-corrected chi connectivity index (χ2v) is 12.2. The average molecular weight is 493 g/mol. The summed E-state index contributed by atoms with van der Waals surface area (Å²) in [5.41, 5.74) is 0. The van der Waals surface area contributed by atoms with E-state index in [1.54, 1.807) is 0 Å². The first kappa shape index (κ1) is 35.0. The standard InChI is InChI=1S/C35H72/c1-4-6-7-8-9-10-11-12-13-14-15-16-17-18-19-20-21-22-23-24-25-26-27-28-29-30-31-32-33-34-35(3)5-2/h35H,4-34H2,1-3H3. The zero-order valence-corrected chi connectivity index (χ0v) is 25.5. The summed E-state index contributed by atoms with van der Waals surface area (Å²) in [6.45, 7) is 7.04. The molecule has 0 aliphatic carbocycles. The van der Waals surface area contributed by atoms with Gasteiger partial charge in [0.1, 0.15) is 0 Å². The van der Waals surface area contributed by atoms with Crippen molar-refractivity contribution in [2.24, 2.45) is 5.92 Å². The third kappa shape index (κ3) is 32.0. The molecule has 35 heavy (non-hydrogen) atoms. The summed E-state index contributed by atoms with van der Waals surface area (Å²) >= 11 is 0. The maximum absolute atomic E-state index is 2.40. The Hall–Kier alpha value is 0. The van der Waals surface area contributed by atoms with Gasteiger partial charge in [-0.3, -0.25) is 0 Å². The van der Waals surface area contributed by atoms with Crippen LogP contribution in [0.1, 0.15) is 220 Å². The molecule has 0 rings (SSSR count). The number of unbranched alkanes of at least 4 members (excludes halogenated alkanes) is 28. The number of rotatable bonds is 31. The summed E-state index contributed by atoms with van der Waals surface area (Å²) < 4.78 is 0. The van der Waals surface area contributed by atoms with Crippen molar-refractivity contribution < 1.29 is 0 Å². The zero-order chi connectivity index (χ0) is 25.5. The van der Waals surface area contributed by atoms with Crippen molar-refractivity contribution in [3.05, 3.63) is 0 Å². The molecule has 0 bridgehead atoms. The van der Waals surface area contributed by atoms with Crippen LogP contribution < -0.4 is 0 Å². The van der Waals surface area contributed by atoms with Gasteiger partial charge in [-0.15, -0.1) is 0 Å². The summed E-state index contributed by atoms with van der Waals surface area (Å²) in [5, 5.41) is 0. The van der Waals surface area contributed by atoms with E-state index >= 15 is 0 Å². The first-order chi connectivity index (χ1) is 17.3. The van der Waals surface area contributed by atoms with E-state index in [0.29, 0.717) is 0 Å². The highest BCUT2D eigenvalue weighted by Crippen LogP contribution is 2.17. The maximum Gasteiger partial charge on any atom is -0.0445 e. The van der Waals surface area contributed by atoms with Crippen LogP contribution in [0, 0.1) is 5.92 Å². The maximum atomic E-state index is 2.40. The van der Waals surface area contributed by atoms with Crippen molar-refractivity contribution in [1.29, 1.82) is 0 Å². The molecule has 0 aliphatic rings. The predicted octanol–water partition coefficient (Wildman–Crippen LogP) is 13.8. The highest BCUT2D eigenvalue weighted by atomic mass is 14.1. The Balaban J connectivity index is 3.02. The lowest BCUT2D eigenvalue weighted by molar-refractivity contribution is 0.468. The van der Waals surface area contributed by atoms with Gasteiger partial charge in [0.15, 0.2) is 0 Å². The molecule has 0 aromatic rings. The van der Waals surface area contributed by atoms with Gasteiger partial charge >= 0.3 is 0 Å². The molecule has 0 N–H and O–H groups in total. The van der Waals surface area contributed by atoms with Crippen molar-refractivity contribution in [1.82, 2.24) is 0 Å². The summed E-state index contributed by atoms with van der Waals surface area (Å²) in [5.74, 6) is 0.948. The number of hydrogen-bond acceptors (Lipinski definition) is 0. The van der Waals surface area contributed by atoms with Gasteiger partial charge in [-0.25, -0.2) is 0 Å². The molecule has 0 radical (unpaired) electrons. The predicted molar refractivity (Wildman–Crippen MR) is 164 cm³/mol. The Morgan fingerprint density at radius 3 is 0.686 bits per heavy atom. The van der Waals surface area contributed by atoms with Gasteiger partial charge in [-0.2, -0.15) is 0 Å². The number of hydrogen-bond donors (Lipinski definition) is 0. The van der Waals surface area contributed by atoms with Crippen LogP contribution in [0.25, 0.3) is 0 Å². The van der Waals surface area contributed by atoms with Crippen LogP contribution in [-0.2, 0) is 0 Å². The summed E-state index contributed by atoms with van der Waals surface area (Å²) in [6.07, 6.45) is 45.8. The molecule has 0 nitrogen and oxygen atoms in total. The highest BCUT2D eigenvalue weighted by molar-refractivity contribution is 4.54. The fraction of sp³-hybridized carbons (Fsp3) is 1.00. The van der Waals surface area contributed by atoms with Crippen LogP contribution in [0.4, 0.5) is 0 Å². The Morgan fingerprint density at radius 2 is 0.486 bits per heavy atom. The molecule has 0 aromatic heterocycles. The van der Waals surface area contributed by atoms with E-state index in [1.807, 2.05) is 0 Å². The van der Waals surface area contributed by atoms with Crippen molar-refractivity contribution in [2.75, 3.05) is 0 Å². The SMILES string of the molecule is CCCCCCCCCCCCCCCCCCCCCCCCCCCCCCCC(C)CC. The molecule has 0 amide bonds. The van der Waals surface area contributed by atoms with Gasteiger partial charge in [0.25, 0.3) is 0 Å². The smallest absolute Gasteiger partial charge is 0.0445 e. The van der Waals surface area contributed by atoms with Crippen LogP contribution in [0.15, 0.2) is 0 Å². The molecule has 1 atom stereocenters. The van der Waals surface area contributed by atoms with Gasteiger partial charge in [-0.1, -0.05) is 220 Å². The second-order valence-electron chi connectivity index (χ2n) is 12.2. The summed E-state index contributed by atoms with van der Waals surface area (Å²) in [6, 6.07) is 0. The quantitative estimate of drug-likeness (QED) is 0.0844. The van der Waals surface area contributed by atoms with Crippen molar-refractivity contribution in [3.8, 4) is 0 Å². The van der Waals surface area contributed by atoms with Crippen molar-refractivity contribution in [2.45, 2.75) is 220 Å². The van der Waals surface area contributed by atoms with E-state index in [9.17, 15) is 0 Å². The first-order valence-electron chi connectivity index (χ1n) is 17.3. The highest BCUT2D eigenvalue weighted by Gasteiger charge is 1.99. The van der Waals surface area contributed by atoms with E-state index in [2.05, 4.69) is 20.8 Å². The molecule has 1 unspecified atom stereocenters. The minimum Gasteiger partial charge on any atom is -0.0654 e. The minimum atomic E-state index is 0.948. The molecule has 212 valence electrons. The van der Waals surface area contributed by atoms with Gasteiger partial charge in [-0.05, 0) is 5.92 Å². The van der Waals surface area contributed by atoms with Crippen LogP contribution in [0.3, 0.4) is 0 Å². The zero-order valence-electron chi connectivity index (χ0n) is 25.5. The monoisotopic (exact) mass is 493 g/mol. The normalized spacial score (nSPS) is 12.4. The Labute approximate surface area is 225 Å². The third-order valence-electron chi connectivity index (χ3n) is 8.50. The fourth-order valence-electron chi connectivity index (χ4n) is 5.54. The van der Waals surface area contributed by atoms with E-state index in [4.69, 9.17) is 0 Å². The largest absolute Gasteiger partial charge is 0.0654 e. The van der Waals surface area contributed by atoms with Gasteiger partial charge < -0.3 is 0 Å². The van der Waals surface area contributed by atoms with Crippen LogP contribution in [-0.4, -0.2) is 0 Å². The average Bonchev–Trinajstić information content (AvgIpc) is 2.87. The van der Waals surface area contributed by atoms with E-state index < -0.39 is 0 Å². The van der Waals surface area contributed by atoms with Gasteiger partial charge in [0, 0.05) is 0 Å². The molecule has 0 saturated carbocycles. The minimum absolute atomic E-state index is 0.948. The van der Waals surface area contributed by atoms with Crippen LogP contribution >= 0.6 is 0 Å². The van der Waals surface area contributed by atoms with Gasteiger partial charge in [0.05, 0.1) is 0 Å². The molecular weight excluding hydrogens is 420 g/mol. The topological polar surface area (TPSA) is 0 Å². The van der Waals surface area contributed by atoms with Crippen LogP contribution in [0.2, 0.25) is 0 Å². The Bertz CT molecular complexity index is 346. The molecule has 0 spiro atoms. The molecule has 0 heteroatoms. The third-order valence-corrected chi connectivity index (χ3v) is 8.50. The molecule has 0 aromatic carbocycles. The Kier molecular flexibility index (Phi) is 32.0. The van der Waals surface area contributed by atoms with E-state index in [0.717, 1.165) is 5.92 Å². The molecule has 0 fully saturated rings. The first-order valence-corrected chi connectivity index (χ1v) is 17.3. The van der Waals surface area contributed by atoms with Gasteiger partial charge in [0.2, 0.25) is 0 Å².